The van der Waals surface area contributed by atoms with Gasteiger partial charge in [-0.05, 0) is 42.3 Å². The van der Waals surface area contributed by atoms with E-state index in [1.165, 1.54) is 7.11 Å². The molecular formula is C18H20ClNO3. The summed E-state index contributed by atoms with van der Waals surface area (Å²) in [7, 11) is 5.43. The zero-order valence-corrected chi connectivity index (χ0v) is 14.2. The lowest BCUT2D eigenvalue weighted by atomic mass is 9.91. The third kappa shape index (κ3) is 4.17. The van der Waals surface area contributed by atoms with Gasteiger partial charge in [-0.3, -0.25) is 4.79 Å². The van der Waals surface area contributed by atoms with Crippen molar-refractivity contribution in [3.63, 3.8) is 0 Å². The highest BCUT2D eigenvalue weighted by Gasteiger charge is 2.24. The van der Waals surface area contributed by atoms with Crippen molar-refractivity contribution in [2.24, 2.45) is 0 Å². The fraction of sp³-hybridized carbons (Fsp3) is 0.278. The van der Waals surface area contributed by atoms with E-state index in [2.05, 4.69) is 0 Å². The Morgan fingerprint density at radius 3 is 2.61 bits per heavy atom. The van der Waals surface area contributed by atoms with E-state index < -0.39 is 11.9 Å². The van der Waals surface area contributed by atoms with Crippen LogP contribution in [0.3, 0.4) is 0 Å². The van der Waals surface area contributed by atoms with E-state index >= 15 is 0 Å². The summed E-state index contributed by atoms with van der Waals surface area (Å²) in [5.41, 5.74) is 2.57. The molecular weight excluding hydrogens is 314 g/mol. The van der Waals surface area contributed by atoms with Crippen LogP contribution >= 0.6 is 11.6 Å². The van der Waals surface area contributed by atoms with Gasteiger partial charge in [0.1, 0.15) is 5.75 Å². The van der Waals surface area contributed by atoms with E-state index in [0.717, 1.165) is 11.3 Å². The molecule has 0 radical (unpaired) electrons. The van der Waals surface area contributed by atoms with Crippen LogP contribution in [0.15, 0.2) is 42.5 Å². The number of carboxylic acids is 1. The predicted octanol–water partition coefficient (Wildman–Crippen LogP) is 3.83. The Labute approximate surface area is 141 Å². The van der Waals surface area contributed by atoms with Crippen LogP contribution in [0, 0.1) is 0 Å². The van der Waals surface area contributed by atoms with E-state index in [9.17, 15) is 9.90 Å². The summed E-state index contributed by atoms with van der Waals surface area (Å²) in [5.74, 6) is -1.09. The Balaban J connectivity index is 2.39. The van der Waals surface area contributed by atoms with Gasteiger partial charge >= 0.3 is 5.97 Å². The first-order chi connectivity index (χ1) is 10.9. The monoisotopic (exact) mass is 333 g/mol. The number of carboxylic acid groups (broad SMARTS) is 1. The fourth-order valence-electron chi connectivity index (χ4n) is 2.51. The maximum absolute atomic E-state index is 11.8. The molecule has 1 N–H and O–H groups in total. The van der Waals surface area contributed by atoms with Crippen molar-refractivity contribution in [3.8, 4) is 5.75 Å². The van der Waals surface area contributed by atoms with Crippen molar-refractivity contribution >= 4 is 23.3 Å². The summed E-state index contributed by atoms with van der Waals surface area (Å²) in [5, 5.41) is 10.2. The lowest BCUT2D eigenvalue weighted by Crippen LogP contribution is -2.16. The molecule has 0 aliphatic heterocycles. The molecule has 5 heteroatoms. The maximum atomic E-state index is 11.8. The highest BCUT2D eigenvalue weighted by Crippen LogP contribution is 2.32. The van der Waals surface area contributed by atoms with Gasteiger partial charge in [-0.25, -0.2) is 0 Å². The van der Waals surface area contributed by atoms with Gasteiger partial charge in [0.2, 0.25) is 0 Å². The molecule has 0 aliphatic carbocycles. The first-order valence-electron chi connectivity index (χ1n) is 7.25. The smallest absolute Gasteiger partial charge is 0.311 e. The van der Waals surface area contributed by atoms with E-state index in [-0.39, 0.29) is 0 Å². The molecule has 23 heavy (non-hydrogen) atoms. The topological polar surface area (TPSA) is 49.8 Å². The van der Waals surface area contributed by atoms with Crippen LogP contribution in [0.5, 0.6) is 5.75 Å². The second-order valence-electron chi connectivity index (χ2n) is 5.55. The van der Waals surface area contributed by atoms with Crippen LogP contribution in [0.2, 0.25) is 5.02 Å². The Kier molecular flexibility index (Phi) is 5.50. The van der Waals surface area contributed by atoms with Gasteiger partial charge in [-0.1, -0.05) is 23.7 Å². The van der Waals surface area contributed by atoms with Crippen LogP contribution in [-0.4, -0.2) is 32.3 Å². The number of ether oxygens (including phenoxy) is 1. The molecule has 4 nitrogen and oxygen atoms in total. The molecule has 0 spiro atoms. The van der Waals surface area contributed by atoms with Crippen LogP contribution in [0.25, 0.3) is 0 Å². The number of benzene rings is 2. The average molecular weight is 334 g/mol. The highest BCUT2D eigenvalue weighted by atomic mass is 35.5. The molecule has 0 amide bonds. The number of hydrogen-bond acceptors (Lipinski definition) is 3. The number of aliphatic carboxylic acids is 1. The molecule has 0 bridgehead atoms. The van der Waals surface area contributed by atoms with E-state index in [0.29, 0.717) is 22.8 Å². The Hall–Kier alpha value is -2.20. The zero-order valence-electron chi connectivity index (χ0n) is 13.4. The fourth-order valence-corrected chi connectivity index (χ4v) is 2.69. The van der Waals surface area contributed by atoms with E-state index in [1.807, 2.05) is 43.3 Å². The summed E-state index contributed by atoms with van der Waals surface area (Å²) < 4.78 is 5.30. The summed E-state index contributed by atoms with van der Waals surface area (Å²) in [6, 6.07) is 12.9. The number of nitrogens with zero attached hydrogens (tertiary/aromatic N) is 1. The zero-order chi connectivity index (χ0) is 17.0. The van der Waals surface area contributed by atoms with Crippen molar-refractivity contribution in [3.05, 3.63) is 58.6 Å². The molecule has 0 aromatic heterocycles. The number of carbonyl (C=O) groups is 1. The number of methoxy groups -OCH3 is 1. The average Bonchev–Trinajstić information content (AvgIpc) is 2.52. The van der Waals surface area contributed by atoms with Gasteiger partial charge in [0.25, 0.3) is 0 Å². The molecule has 2 aromatic carbocycles. The molecule has 0 fully saturated rings. The largest absolute Gasteiger partial charge is 0.496 e. The van der Waals surface area contributed by atoms with Crippen molar-refractivity contribution < 1.29 is 14.6 Å². The summed E-state index contributed by atoms with van der Waals surface area (Å²) in [4.78, 5) is 13.8. The lowest BCUT2D eigenvalue weighted by molar-refractivity contribution is -0.138. The van der Waals surface area contributed by atoms with Gasteiger partial charge in [-0.15, -0.1) is 0 Å². The standard InChI is InChI=1S/C18H20ClNO3/c1-20(2)14-6-4-5-12(9-14)10-16(18(21)22)15-11-13(19)7-8-17(15)23-3/h4-9,11,16H,10H2,1-3H3,(H,21,22). The van der Waals surface area contributed by atoms with Gasteiger partial charge in [0.05, 0.1) is 13.0 Å². The van der Waals surface area contributed by atoms with Crippen LogP contribution in [0.4, 0.5) is 5.69 Å². The molecule has 0 saturated carbocycles. The van der Waals surface area contributed by atoms with E-state index in [1.54, 1.807) is 18.2 Å². The third-order valence-corrected chi connectivity index (χ3v) is 3.97. The Morgan fingerprint density at radius 1 is 1.26 bits per heavy atom. The van der Waals surface area contributed by atoms with Crippen molar-refractivity contribution in [2.45, 2.75) is 12.3 Å². The molecule has 1 unspecified atom stereocenters. The Morgan fingerprint density at radius 2 is 2.00 bits per heavy atom. The van der Waals surface area contributed by atoms with Gasteiger partial charge in [-0.2, -0.15) is 0 Å². The first kappa shape index (κ1) is 17.2. The minimum atomic E-state index is -0.902. The predicted molar refractivity (Wildman–Crippen MR) is 92.9 cm³/mol. The summed E-state index contributed by atoms with van der Waals surface area (Å²) in [6.45, 7) is 0. The highest BCUT2D eigenvalue weighted by molar-refractivity contribution is 6.30. The molecule has 122 valence electrons. The molecule has 2 rings (SSSR count). The van der Waals surface area contributed by atoms with E-state index in [4.69, 9.17) is 16.3 Å². The minimum Gasteiger partial charge on any atom is -0.496 e. The minimum absolute atomic E-state index is 0.369. The molecule has 2 aromatic rings. The molecule has 0 aliphatic rings. The summed E-state index contributed by atoms with van der Waals surface area (Å²) >= 11 is 6.04. The number of rotatable bonds is 6. The van der Waals surface area contributed by atoms with Gasteiger partial charge in [0.15, 0.2) is 0 Å². The van der Waals surface area contributed by atoms with Gasteiger partial charge < -0.3 is 14.7 Å². The lowest BCUT2D eigenvalue weighted by Gasteiger charge is -2.18. The normalized spacial score (nSPS) is 11.8. The van der Waals surface area contributed by atoms with Crippen molar-refractivity contribution in [2.75, 3.05) is 26.1 Å². The maximum Gasteiger partial charge on any atom is 0.311 e. The first-order valence-corrected chi connectivity index (χ1v) is 7.62. The summed E-state index contributed by atoms with van der Waals surface area (Å²) in [6.07, 6.45) is 0.369. The molecule has 0 saturated heterocycles. The Bertz CT molecular complexity index is 700. The molecule has 0 heterocycles. The number of anilines is 1. The third-order valence-electron chi connectivity index (χ3n) is 3.73. The number of halogens is 1. The SMILES string of the molecule is COc1ccc(Cl)cc1C(Cc1cccc(N(C)C)c1)C(=O)O. The van der Waals surface area contributed by atoms with Crippen LogP contribution < -0.4 is 9.64 Å². The molecule has 1 atom stereocenters. The quantitative estimate of drug-likeness (QED) is 0.873. The van der Waals surface area contributed by atoms with Crippen LogP contribution in [-0.2, 0) is 11.2 Å². The van der Waals surface area contributed by atoms with Crippen molar-refractivity contribution in [1.29, 1.82) is 0 Å². The van der Waals surface area contributed by atoms with Crippen LogP contribution in [0.1, 0.15) is 17.0 Å². The van der Waals surface area contributed by atoms with Crippen molar-refractivity contribution in [1.82, 2.24) is 0 Å². The second-order valence-corrected chi connectivity index (χ2v) is 5.98. The number of hydrogen-bond donors (Lipinski definition) is 1. The van der Waals surface area contributed by atoms with Gasteiger partial charge in [0, 0.05) is 30.4 Å². The second kappa shape index (κ2) is 7.38.